The molecule has 1 saturated heterocycles. The smallest absolute Gasteiger partial charge is 0.306 e. The molecule has 218 valence electrons. The van der Waals surface area contributed by atoms with E-state index in [-0.39, 0.29) is 18.5 Å². The zero-order valence-electron chi connectivity index (χ0n) is 24.3. The van der Waals surface area contributed by atoms with E-state index in [1.54, 1.807) is 16.6 Å². The van der Waals surface area contributed by atoms with Gasteiger partial charge in [-0.3, -0.25) is 9.59 Å². The van der Waals surface area contributed by atoms with E-state index in [0.717, 1.165) is 25.7 Å². The van der Waals surface area contributed by atoms with Gasteiger partial charge in [0.05, 0.1) is 17.9 Å². The first kappa shape index (κ1) is 30.2. The van der Waals surface area contributed by atoms with Crippen LogP contribution in [0.15, 0.2) is 18.5 Å². The Labute approximate surface area is 237 Å². The normalized spacial score (nSPS) is 24.0. The van der Waals surface area contributed by atoms with Crippen molar-refractivity contribution in [3.05, 3.63) is 24.2 Å². The third-order valence-electron chi connectivity index (χ3n) is 7.65. The first-order valence-electron chi connectivity index (χ1n) is 14.7. The summed E-state index contributed by atoms with van der Waals surface area (Å²) in [7, 11) is -2.10. The molecule has 1 amide bonds. The number of carbonyl (C=O) groups is 2. The average molecular weight is 570 g/mol. The topological polar surface area (TPSA) is 128 Å². The maximum absolute atomic E-state index is 12.7. The number of amides is 1. The van der Waals surface area contributed by atoms with Gasteiger partial charge in [-0.05, 0) is 57.0 Å². The summed E-state index contributed by atoms with van der Waals surface area (Å²) in [5.74, 6) is 0.420. The van der Waals surface area contributed by atoms with Gasteiger partial charge in [0.1, 0.15) is 24.5 Å². The summed E-state index contributed by atoms with van der Waals surface area (Å²) in [6.45, 7) is 8.30. The molecule has 4 rings (SSSR count). The Morgan fingerprint density at radius 1 is 1.23 bits per heavy atom. The number of fused-ring (bicyclic) bond motifs is 1. The van der Waals surface area contributed by atoms with E-state index in [1.165, 1.54) is 32.0 Å². The predicted octanol–water partition coefficient (Wildman–Crippen LogP) is 5.49. The van der Waals surface area contributed by atoms with E-state index < -0.39 is 26.1 Å². The van der Waals surface area contributed by atoms with Crippen LogP contribution in [0.5, 0.6) is 0 Å². The first-order valence-corrected chi connectivity index (χ1v) is 18.1. The van der Waals surface area contributed by atoms with Crippen molar-refractivity contribution in [2.45, 2.75) is 115 Å². The van der Waals surface area contributed by atoms with Crippen LogP contribution >= 0.6 is 0 Å². The molecule has 2 fully saturated rings. The molecule has 0 spiro atoms. The predicted molar refractivity (Wildman–Crippen MR) is 153 cm³/mol. The second kappa shape index (κ2) is 13.2. The number of hydrogen-bond donors (Lipinski definition) is 1. The minimum absolute atomic E-state index is 0.0670. The van der Waals surface area contributed by atoms with Gasteiger partial charge in [0.25, 0.3) is 0 Å². The summed E-state index contributed by atoms with van der Waals surface area (Å²) in [6.07, 6.45) is 10.2. The molecule has 2 aromatic heterocycles. The second-order valence-electron chi connectivity index (χ2n) is 12.1. The third-order valence-corrected chi connectivity index (χ3v) is 8.64. The Kier molecular flexibility index (Phi) is 9.98. The van der Waals surface area contributed by atoms with Crippen LogP contribution in [0.3, 0.4) is 0 Å². The molecule has 1 saturated carbocycles. The van der Waals surface area contributed by atoms with Crippen LogP contribution in [-0.2, 0) is 29.1 Å². The zero-order chi connectivity index (χ0) is 28.8. The fraction of sp³-hybridized carbons (Fsp3) is 0.690. The van der Waals surface area contributed by atoms with Crippen LogP contribution < -0.4 is 5.32 Å². The Morgan fingerprint density at radius 3 is 2.65 bits per heavy atom. The lowest BCUT2D eigenvalue weighted by Gasteiger charge is -2.32. The molecule has 1 aliphatic carbocycles. The summed E-state index contributed by atoms with van der Waals surface area (Å²) in [6, 6.07) is 5.94. The monoisotopic (exact) mass is 569 g/mol. The second-order valence-corrected chi connectivity index (χ2v) is 16.5. The standard InChI is InChI=1S/C29H43N5O5Si/c1-5-6-13-26(35)33-28-23-14-15-24(34(23)32-20-31-28)29(19-30)25(39-40(2,3)4)17-22(38-29)18-37-27(36)16-21-11-9-7-8-10-12-21/h14-15,20-22,25H,5-13,16-18H2,1-4H3,(H,31,32,33,35)/t22-,25-,29+/m1/s1. The number of anilines is 1. The lowest BCUT2D eigenvalue weighted by Crippen LogP contribution is -2.44. The van der Waals surface area contributed by atoms with Gasteiger partial charge in [-0.1, -0.05) is 39.0 Å². The summed E-state index contributed by atoms with van der Waals surface area (Å²) in [5, 5.41) is 17.9. The molecule has 1 aliphatic heterocycles. The fourth-order valence-corrected chi connectivity index (χ4v) is 6.84. The Bertz CT molecular complexity index is 1210. The molecule has 40 heavy (non-hydrogen) atoms. The number of unbranched alkanes of at least 4 members (excludes halogenated alkanes) is 1. The van der Waals surface area contributed by atoms with Gasteiger partial charge in [0.2, 0.25) is 11.5 Å². The molecule has 0 radical (unpaired) electrons. The van der Waals surface area contributed by atoms with Crippen molar-refractivity contribution in [1.29, 1.82) is 5.26 Å². The maximum Gasteiger partial charge on any atom is 0.306 e. The maximum atomic E-state index is 12.7. The van der Waals surface area contributed by atoms with Crippen LogP contribution in [0.25, 0.3) is 5.52 Å². The van der Waals surface area contributed by atoms with Gasteiger partial charge in [-0.15, -0.1) is 0 Å². The molecule has 2 aromatic rings. The number of carbonyl (C=O) groups excluding carboxylic acids is 2. The van der Waals surface area contributed by atoms with Gasteiger partial charge < -0.3 is 19.2 Å². The lowest BCUT2D eigenvalue weighted by atomic mass is 9.94. The van der Waals surface area contributed by atoms with Crippen molar-refractivity contribution in [2.24, 2.45) is 5.92 Å². The summed E-state index contributed by atoms with van der Waals surface area (Å²) >= 11 is 0. The number of hydrogen-bond acceptors (Lipinski definition) is 8. The van der Waals surface area contributed by atoms with E-state index in [4.69, 9.17) is 13.9 Å². The van der Waals surface area contributed by atoms with Crippen molar-refractivity contribution >= 4 is 31.5 Å². The number of aromatic nitrogens is 3. The molecule has 0 bridgehead atoms. The molecular weight excluding hydrogens is 526 g/mol. The number of ether oxygens (including phenoxy) is 2. The van der Waals surface area contributed by atoms with Crippen molar-refractivity contribution < 1.29 is 23.5 Å². The van der Waals surface area contributed by atoms with Crippen molar-refractivity contribution in [1.82, 2.24) is 14.6 Å². The minimum Gasteiger partial charge on any atom is -0.463 e. The molecule has 2 aliphatic rings. The highest BCUT2D eigenvalue weighted by atomic mass is 28.4. The molecule has 11 heteroatoms. The molecule has 10 nitrogen and oxygen atoms in total. The summed E-state index contributed by atoms with van der Waals surface area (Å²) in [5.41, 5.74) is -0.416. The van der Waals surface area contributed by atoms with Crippen LogP contribution in [0.4, 0.5) is 5.82 Å². The first-order chi connectivity index (χ1) is 19.1. The molecule has 0 aromatic carbocycles. The third kappa shape index (κ3) is 7.27. The largest absolute Gasteiger partial charge is 0.463 e. The zero-order valence-corrected chi connectivity index (χ0v) is 25.3. The highest BCUT2D eigenvalue weighted by Crippen LogP contribution is 2.43. The van der Waals surface area contributed by atoms with Crippen LogP contribution in [-0.4, -0.2) is 53.6 Å². The van der Waals surface area contributed by atoms with E-state index >= 15 is 0 Å². The van der Waals surface area contributed by atoms with E-state index in [1.807, 2.05) is 6.92 Å². The highest BCUT2D eigenvalue weighted by molar-refractivity contribution is 6.69. The van der Waals surface area contributed by atoms with Crippen molar-refractivity contribution in [3.8, 4) is 6.07 Å². The van der Waals surface area contributed by atoms with E-state index in [9.17, 15) is 14.9 Å². The average Bonchev–Trinajstić information content (AvgIpc) is 3.39. The van der Waals surface area contributed by atoms with Crippen LogP contribution in [0.1, 0.15) is 83.2 Å². The summed E-state index contributed by atoms with van der Waals surface area (Å²) < 4.78 is 20.2. The highest BCUT2D eigenvalue weighted by Gasteiger charge is 2.54. The molecule has 3 atom stereocenters. The summed E-state index contributed by atoms with van der Waals surface area (Å²) in [4.78, 5) is 29.4. The quantitative estimate of drug-likeness (QED) is 0.214. The lowest BCUT2D eigenvalue weighted by molar-refractivity contribution is -0.150. The van der Waals surface area contributed by atoms with Crippen LogP contribution in [0.2, 0.25) is 19.6 Å². The minimum atomic E-state index is -2.10. The Balaban J connectivity index is 1.54. The van der Waals surface area contributed by atoms with Crippen molar-refractivity contribution in [3.63, 3.8) is 0 Å². The Hall–Kier alpha value is -2.81. The van der Waals surface area contributed by atoms with Crippen molar-refractivity contribution in [2.75, 3.05) is 11.9 Å². The van der Waals surface area contributed by atoms with E-state index in [0.29, 0.717) is 42.2 Å². The fourth-order valence-electron chi connectivity index (χ4n) is 5.72. The number of rotatable bonds is 11. The van der Waals surface area contributed by atoms with Gasteiger partial charge in [0, 0.05) is 19.3 Å². The molecule has 3 heterocycles. The SMILES string of the molecule is CCCCC(=O)Nc1ncnn2c([C@]3(C#N)O[C@@H](COC(=O)CC4CCCCCC4)C[C@H]3O[Si](C)(C)C)ccc12. The number of nitriles is 1. The number of esters is 1. The van der Waals surface area contributed by atoms with Gasteiger partial charge in [0.15, 0.2) is 14.1 Å². The Morgan fingerprint density at radius 2 is 1.98 bits per heavy atom. The van der Waals surface area contributed by atoms with Gasteiger partial charge in [-0.2, -0.15) is 10.4 Å². The molecular formula is C29H43N5O5Si. The number of nitrogens with zero attached hydrogens (tertiary/aromatic N) is 4. The van der Waals surface area contributed by atoms with Crippen LogP contribution in [0, 0.1) is 17.2 Å². The van der Waals surface area contributed by atoms with Gasteiger partial charge >= 0.3 is 5.97 Å². The van der Waals surface area contributed by atoms with E-state index in [2.05, 4.69) is 41.1 Å². The number of nitrogens with one attached hydrogen (secondary N) is 1. The molecule has 1 N–H and O–H groups in total. The van der Waals surface area contributed by atoms with Gasteiger partial charge in [-0.25, -0.2) is 9.50 Å². The molecule has 0 unspecified atom stereocenters.